The molecule has 1 heterocycles. The molecule has 4 N–H and O–H groups in total. The van der Waals surface area contributed by atoms with Gasteiger partial charge in [0.2, 0.25) is 0 Å². The lowest BCUT2D eigenvalue weighted by molar-refractivity contribution is -0.136. The molecular formula is C31H31BrClIN4O7. The van der Waals surface area contributed by atoms with E-state index in [1.807, 2.05) is 31.2 Å². The lowest BCUT2D eigenvalue weighted by Gasteiger charge is -2.28. The number of hydrogen-bond acceptors (Lipinski definition) is 9. The van der Waals surface area contributed by atoms with Gasteiger partial charge in [-0.2, -0.15) is 5.10 Å². The molecule has 3 aromatic carbocycles. The van der Waals surface area contributed by atoms with Crippen molar-refractivity contribution in [2.24, 2.45) is 5.10 Å². The summed E-state index contributed by atoms with van der Waals surface area (Å²) in [6.07, 6.45) is 0.344. The van der Waals surface area contributed by atoms with Crippen LogP contribution in [0.2, 0.25) is 5.02 Å². The minimum Gasteiger partial charge on any atom is -0.490 e. The first-order valence-electron chi connectivity index (χ1n) is 13.7. The van der Waals surface area contributed by atoms with E-state index in [4.69, 9.17) is 30.5 Å². The second-order valence-corrected chi connectivity index (χ2v) is 12.2. The van der Waals surface area contributed by atoms with Crippen LogP contribution in [0.4, 0.5) is 4.79 Å². The Bertz CT molecular complexity index is 1580. The zero-order valence-corrected chi connectivity index (χ0v) is 29.0. The Hall–Kier alpha value is -3.53. The molecule has 14 heteroatoms. The molecule has 3 aromatic rings. The third-order valence-corrected chi connectivity index (χ3v) is 8.02. The van der Waals surface area contributed by atoms with Crippen LogP contribution in [0.15, 0.2) is 75.4 Å². The summed E-state index contributed by atoms with van der Waals surface area (Å²) >= 11 is 12.2. The van der Waals surface area contributed by atoms with Gasteiger partial charge < -0.3 is 34.7 Å². The number of hydrazone groups is 1. The second kappa shape index (κ2) is 16.2. The average Bonchev–Trinajstić information content (AvgIpc) is 3.00. The van der Waals surface area contributed by atoms with Crippen molar-refractivity contribution in [3.05, 3.63) is 95.6 Å². The molecule has 11 nitrogen and oxygen atoms in total. The van der Waals surface area contributed by atoms with Gasteiger partial charge in [-0.25, -0.2) is 9.59 Å². The van der Waals surface area contributed by atoms with E-state index in [-0.39, 0.29) is 12.2 Å². The van der Waals surface area contributed by atoms with E-state index in [1.165, 1.54) is 13.3 Å². The number of esters is 1. The number of amides is 2. The fraction of sp³-hybridized carbons (Fsp3) is 0.258. The number of allylic oxidation sites excluding steroid dienone is 1. The van der Waals surface area contributed by atoms with Gasteiger partial charge in [-0.3, -0.25) is 5.43 Å². The number of halogens is 3. The van der Waals surface area contributed by atoms with Crippen molar-refractivity contribution in [2.75, 3.05) is 20.3 Å². The minimum atomic E-state index is -1.16. The second-order valence-electron chi connectivity index (χ2n) is 9.64. The standard InChI is InChI=1S/C31H31BrClIN4O7/c1-4-43-25-13-20(28-27(30(40)42-3)17(2)36-31(41)37-28)7-10-24(25)44-16-26(39)38-35-14-19-11-22(32)29(23(33)12-19)45-15-18-5-8-21(34)9-6-18/h5-14,26,28,38-39H,4,15-16H2,1-3H3,(H2,36,37,41)/b35-14-/t26-,28+/m0/s1. The number of urea groups is 1. The fourth-order valence-electron chi connectivity index (χ4n) is 4.35. The zero-order valence-electron chi connectivity index (χ0n) is 24.5. The van der Waals surface area contributed by atoms with Crippen LogP contribution in [0.5, 0.6) is 17.2 Å². The first-order chi connectivity index (χ1) is 21.6. The normalized spacial score (nSPS) is 15.3. The van der Waals surface area contributed by atoms with E-state index >= 15 is 0 Å². The van der Waals surface area contributed by atoms with Gasteiger partial charge in [0.1, 0.15) is 13.2 Å². The Morgan fingerprint density at radius 2 is 1.91 bits per heavy atom. The number of rotatable bonds is 13. The maximum atomic E-state index is 12.4. The van der Waals surface area contributed by atoms with E-state index in [9.17, 15) is 14.7 Å². The summed E-state index contributed by atoms with van der Waals surface area (Å²) in [7, 11) is 1.27. The number of benzene rings is 3. The van der Waals surface area contributed by atoms with Gasteiger partial charge in [-0.1, -0.05) is 29.8 Å². The van der Waals surface area contributed by atoms with E-state index in [0.717, 1.165) is 9.13 Å². The monoisotopic (exact) mass is 812 g/mol. The Balaban J connectivity index is 1.37. The molecule has 0 unspecified atom stereocenters. The number of nitrogens with zero attached hydrogens (tertiary/aromatic N) is 1. The van der Waals surface area contributed by atoms with Crippen LogP contribution < -0.4 is 30.3 Å². The molecular weight excluding hydrogens is 783 g/mol. The Morgan fingerprint density at radius 3 is 2.60 bits per heavy atom. The highest BCUT2D eigenvalue weighted by Crippen LogP contribution is 2.36. The van der Waals surface area contributed by atoms with Gasteiger partial charge in [-0.15, -0.1) is 0 Å². The third kappa shape index (κ3) is 9.25. The van der Waals surface area contributed by atoms with Crippen LogP contribution in [0, 0.1) is 3.57 Å². The van der Waals surface area contributed by atoms with E-state index in [2.05, 4.69) is 59.7 Å². The molecule has 4 rings (SSSR count). The van der Waals surface area contributed by atoms with Crippen molar-refractivity contribution in [1.29, 1.82) is 0 Å². The largest absolute Gasteiger partial charge is 0.490 e. The van der Waals surface area contributed by atoms with Crippen LogP contribution in [-0.2, 0) is 16.1 Å². The van der Waals surface area contributed by atoms with Crippen molar-refractivity contribution in [3.8, 4) is 17.2 Å². The first-order valence-corrected chi connectivity index (χ1v) is 15.9. The number of nitrogens with one attached hydrogen (secondary N) is 3. The highest BCUT2D eigenvalue weighted by Gasteiger charge is 2.32. The number of ether oxygens (including phenoxy) is 4. The van der Waals surface area contributed by atoms with E-state index in [0.29, 0.717) is 56.8 Å². The van der Waals surface area contributed by atoms with Crippen LogP contribution in [0.3, 0.4) is 0 Å². The highest BCUT2D eigenvalue weighted by atomic mass is 127. The molecule has 0 aliphatic carbocycles. The van der Waals surface area contributed by atoms with Crippen LogP contribution >= 0.6 is 50.1 Å². The number of carbonyl (C=O) groups is 2. The van der Waals surface area contributed by atoms with Crippen LogP contribution in [-0.4, -0.2) is 49.9 Å². The zero-order chi connectivity index (χ0) is 32.5. The number of hydrogen-bond donors (Lipinski definition) is 4. The van der Waals surface area contributed by atoms with Crippen LogP contribution in [0.1, 0.15) is 36.6 Å². The molecule has 0 bridgehead atoms. The number of aliphatic hydroxyl groups is 1. The highest BCUT2D eigenvalue weighted by molar-refractivity contribution is 14.1. The summed E-state index contributed by atoms with van der Waals surface area (Å²) in [5.74, 6) is 0.654. The average molecular weight is 814 g/mol. The smallest absolute Gasteiger partial charge is 0.337 e. The third-order valence-electron chi connectivity index (χ3n) is 6.43. The Labute approximate surface area is 287 Å². The molecule has 0 fully saturated rings. The van der Waals surface area contributed by atoms with Gasteiger partial charge in [0.15, 0.2) is 23.5 Å². The Morgan fingerprint density at radius 1 is 1.16 bits per heavy atom. The quantitative estimate of drug-likeness (QED) is 0.0559. The van der Waals surface area contributed by atoms with Crippen molar-refractivity contribution in [3.63, 3.8) is 0 Å². The summed E-state index contributed by atoms with van der Waals surface area (Å²) in [4.78, 5) is 24.6. The lowest BCUT2D eigenvalue weighted by Crippen LogP contribution is -2.45. The SMILES string of the molecule is CCOc1cc([C@H]2NC(=O)NC(C)=C2C(=O)OC)ccc1OC[C@H](O)N/N=C\c1cc(Cl)c(OCc2ccc(I)cc2)c(Br)c1. The van der Waals surface area contributed by atoms with Crippen LogP contribution in [0.25, 0.3) is 0 Å². The van der Waals surface area contributed by atoms with Gasteiger partial charge in [0.05, 0.1) is 41.0 Å². The molecule has 1 aliphatic heterocycles. The topological polar surface area (TPSA) is 140 Å². The molecule has 0 saturated carbocycles. The molecule has 0 spiro atoms. The molecule has 45 heavy (non-hydrogen) atoms. The summed E-state index contributed by atoms with van der Waals surface area (Å²) in [5, 5.41) is 20.3. The number of carbonyl (C=O) groups excluding carboxylic acids is 2. The number of methoxy groups -OCH3 is 1. The van der Waals surface area contributed by atoms with Crippen molar-refractivity contribution >= 4 is 68.3 Å². The molecule has 0 saturated heterocycles. The molecule has 0 aromatic heterocycles. The fourth-order valence-corrected chi connectivity index (χ4v) is 5.70. The Kier molecular flexibility index (Phi) is 12.3. The van der Waals surface area contributed by atoms with Crippen molar-refractivity contribution < 1.29 is 33.6 Å². The predicted octanol–water partition coefficient (Wildman–Crippen LogP) is 5.81. The van der Waals surface area contributed by atoms with Crippen molar-refractivity contribution in [1.82, 2.24) is 16.1 Å². The van der Waals surface area contributed by atoms with Crippen molar-refractivity contribution in [2.45, 2.75) is 32.7 Å². The predicted molar refractivity (Wildman–Crippen MR) is 182 cm³/mol. The number of aliphatic hydroxyl groups excluding tert-OH is 1. The molecule has 0 radical (unpaired) electrons. The lowest BCUT2D eigenvalue weighted by atomic mass is 9.95. The first kappa shape index (κ1) is 34.3. The van der Waals surface area contributed by atoms with Gasteiger partial charge >= 0.3 is 12.0 Å². The summed E-state index contributed by atoms with van der Waals surface area (Å²) < 4.78 is 24.2. The van der Waals surface area contributed by atoms with Gasteiger partial charge in [-0.05, 0) is 105 Å². The summed E-state index contributed by atoms with van der Waals surface area (Å²) in [6.45, 7) is 3.97. The summed E-state index contributed by atoms with van der Waals surface area (Å²) in [6, 6.07) is 15.3. The molecule has 1 aliphatic rings. The maximum absolute atomic E-state index is 12.4. The molecule has 2 atom stereocenters. The minimum absolute atomic E-state index is 0.164. The van der Waals surface area contributed by atoms with E-state index in [1.54, 1.807) is 37.3 Å². The van der Waals surface area contributed by atoms with E-state index < -0.39 is 24.3 Å². The molecule has 2 amide bonds. The molecule has 238 valence electrons. The maximum Gasteiger partial charge on any atom is 0.337 e. The van der Waals surface area contributed by atoms with Gasteiger partial charge in [0, 0.05) is 9.27 Å². The summed E-state index contributed by atoms with van der Waals surface area (Å²) in [5.41, 5.74) is 5.54. The van der Waals surface area contributed by atoms with Gasteiger partial charge in [0.25, 0.3) is 0 Å².